The van der Waals surface area contributed by atoms with E-state index >= 15 is 0 Å². The van der Waals surface area contributed by atoms with Crippen LogP contribution in [0.15, 0.2) is 57.0 Å². The smallest absolute Gasteiger partial charge is 0.347 e. The third-order valence-electron chi connectivity index (χ3n) is 4.69. The van der Waals surface area contributed by atoms with Crippen molar-refractivity contribution < 1.29 is 14.2 Å². The highest BCUT2D eigenvalue weighted by molar-refractivity contribution is 7.99. The summed E-state index contributed by atoms with van der Waals surface area (Å²) in [4.78, 5) is 30.8. The summed E-state index contributed by atoms with van der Waals surface area (Å²) < 4.78 is 7.06. The van der Waals surface area contributed by atoms with Crippen molar-refractivity contribution in [3.05, 3.63) is 74.8 Å². The van der Waals surface area contributed by atoms with Gasteiger partial charge in [0.05, 0.1) is 12.0 Å². The maximum absolute atomic E-state index is 13.1. The van der Waals surface area contributed by atoms with Gasteiger partial charge in [0.25, 0.3) is 0 Å². The van der Waals surface area contributed by atoms with Crippen LogP contribution in [0.1, 0.15) is 21.8 Å². The number of hydrogen-bond acceptors (Lipinski definition) is 5. The number of aryl methyl sites for hydroxylation is 3. The number of rotatable bonds is 6. The quantitative estimate of drug-likeness (QED) is 0.360. The highest BCUT2D eigenvalue weighted by Gasteiger charge is 2.22. The summed E-state index contributed by atoms with van der Waals surface area (Å²) in [6.45, 7) is 6.26. The van der Waals surface area contributed by atoms with Crippen molar-refractivity contribution in [1.29, 1.82) is 0 Å². The van der Waals surface area contributed by atoms with Crippen LogP contribution in [0.3, 0.4) is 0 Å². The number of thiophene rings is 1. The molecule has 0 aliphatic heterocycles. The molecule has 0 atom stereocenters. The minimum atomic E-state index is -0.125. The second-order valence-electron chi connectivity index (χ2n) is 7.16. The molecule has 0 unspecified atom stereocenters. The monoisotopic (exact) mass is 440 g/mol. The second-order valence-corrected chi connectivity index (χ2v) is 9.38. The summed E-state index contributed by atoms with van der Waals surface area (Å²) in [6.07, 6.45) is 1.58. The number of carbonyl (C=O) groups excluding carboxylic acids is 1. The van der Waals surface area contributed by atoms with Gasteiger partial charge in [-0.15, -0.1) is 0 Å². The van der Waals surface area contributed by atoms with E-state index < -0.39 is 0 Å². The fourth-order valence-electron chi connectivity index (χ4n) is 3.26. The van der Waals surface area contributed by atoms with Gasteiger partial charge in [0.15, 0.2) is 11.4 Å². The van der Waals surface area contributed by atoms with Gasteiger partial charge in [-0.25, -0.2) is 9.78 Å². The van der Waals surface area contributed by atoms with Gasteiger partial charge in [-0.2, -0.15) is 4.57 Å². The lowest BCUT2D eigenvalue weighted by molar-refractivity contribution is -0.404. The molecule has 0 fully saturated rings. The molecule has 4 rings (SSSR count). The van der Waals surface area contributed by atoms with E-state index in [9.17, 15) is 9.59 Å². The van der Waals surface area contributed by atoms with Gasteiger partial charge in [0, 0.05) is 10.6 Å². The molecule has 3 aromatic heterocycles. The third kappa shape index (κ3) is 4.34. The van der Waals surface area contributed by atoms with E-state index in [0.29, 0.717) is 22.8 Å². The molecule has 0 aliphatic carbocycles. The Kier molecular flexibility index (Phi) is 5.78. The average molecular weight is 441 g/mol. The van der Waals surface area contributed by atoms with Crippen LogP contribution >= 0.6 is 23.1 Å². The maximum atomic E-state index is 13.1. The lowest BCUT2D eigenvalue weighted by Crippen LogP contribution is -2.30. The first-order valence-corrected chi connectivity index (χ1v) is 11.3. The van der Waals surface area contributed by atoms with Crippen molar-refractivity contribution in [1.82, 2.24) is 4.57 Å². The third-order valence-corrected chi connectivity index (χ3v) is 6.65. The number of thioether (sulfide) groups is 1. The van der Waals surface area contributed by atoms with E-state index in [-0.39, 0.29) is 17.2 Å². The fourth-order valence-corrected chi connectivity index (χ4v) is 5.04. The molecule has 4 aromatic rings. The van der Waals surface area contributed by atoms with Crippen molar-refractivity contribution >= 4 is 44.9 Å². The van der Waals surface area contributed by atoms with Crippen LogP contribution in [-0.4, -0.2) is 16.2 Å². The van der Waals surface area contributed by atoms with Crippen LogP contribution in [0.2, 0.25) is 0 Å². The number of hydrogen-bond donors (Lipinski definition) is 1. The minimum Gasteiger partial charge on any atom is -0.465 e. The highest BCUT2D eigenvalue weighted by atomic mass is 32.2. The molecular weight excluding hydrogens is 418 g/mol. The Labute approximate surface area is 181 Å². The molecule has 0 radical (unpaired) electrons. The van der Waals surface area contributed by atoms with Gasteiger partial charge in [-0.05, 0) is 62.4 Å². The van der Waals surface area contributed by atoms with Gasteiger partial charge in [0.1, 0.15) is 11.1 Å². The van der Waals surface area contributed by atoms with Crippen molar-refractivity contribution in [2.45, 2.75) is 32.5 Å². The molecule has 1 amide bonds. The molecule has 2 N–H and O–H groups in total. The standard InChI is InChI=1S/C22H21N3O3S2/c1-13-6-7-18(14(2)9-13)23-19(26)12-29-22-24-20-17(10-15(3)30-20)21(27)25(22)11-16-5-4-8-28-16/h4-10H,11-12H2,1-3H3,(H,23,26)/p+1. The van der Waals surface area contributed by atoms with Crippen molar-refractivity contribution in [2.75, 3.05) is 11.1 Å². The average Bonchev–Trinajstić information content (AvgIpc) is 3.34. The number of furan rings is 1. The second kappa shape index (κ2) is 8.49. The van der Waals surface area contributed by atoms with Gasteiger partial charge < -0.3 is 9.73 Å². The molecular formula is C22H22N3O3S2+. The Morgan fingerprint density at radius 2 is 2.07 bits per heavy atom. The summed E-state index contributed by atoms with van der Waals surface area (Å²) in [7, 11) is 0. The molecule has 0 aliphatic rings. The molecule has 3 heterocycles. The van der Waals surface area contributed by atoms with Crippen LogP contribution in [0.4, 0.5) is 5.69 Å². The number of nitrogens with one attached hydrogen (secondary N) is 2. The molecule has 1 aromatic carbocycles. The summed E-state index contributed by atoms with van der Waals surface area (Å²) in [5.41, 5.74) is 2.87. The van der Waals surface area contributed by atoms with Gasteiger partial charge in [-0.1, -0.05) is 29.0 Å². The Bertz CT molecular complexity index is 1270. The number of benzene rings is 1. The van der Waals surface area contributed by atoms with Gasteiger partial charge >= 0.3 is 10.7 Å². The molecule has 0 saturated heterocycles. The van der Waals surface area contributed by atoms with E-state index in [1.165, 1.54) is 23.1 Å². The number of aromatic amines is 1. The Hall–Kier alpha value is -2.84. The van der Waals surface area contributed by atoms with Gasteiger partial charge in [-0.3, -0.25) is 4.79 Å². The van der Waals surface area contributed by atoms with E-state index in [1.807, 2.05) is 51.1 Å². The van der Waals surface area contributed by atoms with Crippen molar-refractivity contribution in [3.8, 4) is 0 Å². The van der Waals surface area contributed by atoms with Crippen LogP contribution in [0, 0.1) is 20.8 Å². The van der Waals surface area contributed by atoms with Crippen molar-refractivity contribution in [2.24, 2.45) is 0 Å². The lowest BCUT2D eigenvalue weighted by Gasteiger charge is -2.09. The zero-order valence-corrected chi connectivity index (χ0v) is 18.6. The van der Waals surface area contributed by atoms with Crippen LogP contribution in [0.25, 0.3) is 10.2 Å². The number of aromatic nitrogens is 2. The van der Waals surface area contributed by atoms with Crippen LogP contribution in [0.5, 0.6) is 0 Å². The zero-order chi connectivity index (χ0) is 21.3. The predicted molar refractivity (Wildman–Crippen MR) is 120 cm³/mol. The normalized spacial score (nSPS) is 11.2. The lowest BCUT2D eigenvalue weighted by atomic mass is 10.1. The number of fused-ring (bicyclic) bond motifs is 1. The van der Waals surface area contributed by atoms with Crippen molar-refractivity contribution in [3.63, 3.8) is 0 Å². The van der Waals surface area contributed by atoms with E-state index in [0.717, 1.165) is 26.5 Å². The number of nitrogens with zero attached hydrogens (tertiary/aromatic N) is 1. The Morgan fingerprint density at radius 3 is 2.80 bits per heavy atom. The topological polar surface area (TPSA) is 78.4 Å². The summed E-state index contributed by atoms with van der Waals surface area (Å²) in [6, 6.07) is 11.4. The van der Waals surface area contributed by atoms with E-state index in [4.69, 9.17) is 4.42 Å². The van der Waals surface area contributed by atoms with Crippen LogP contribution in [-0.2, 0) is 11.3 Å². The van der Waals surface area contributed by atoms with E-state index in [1.54, 1.807) is 16.9 Å². The first-order valence-electron chi connectivity index (χ1n) is 9.49. The number of anilines is 1. The molecule has 6 nitrogen and oxygen atoms in total. The number of carbonyl (C=O) groups is 1. The number of H-pyrrole nitrogens is 1. The maximum Gasteiger partial charge on any atom is 0.347 e. The molecule has 0 saturated carbocycles. The van der Waals surface area contributed by atoms with E-state index in [2.05, 4.69) is 10.3 Å². The minimum absolute atomic E-state index is 0.0956. The molecule has 30 heavy (non-hydrogen) atoms. The Morgan fingerprint density at radius 1 is 1.23 bits per heavy atom. The summed E-state index contributed by atoms with van der Waals surface area (Å²) >= 11 is 2.83. The molecule has 0 bridgehead atoms. The fraction of sp³-hybridized carbons (Fsp3) is 0.227. The van der Waals surface area contributed by atoms with Gasteiger partial charge in [0.2, 0.25) is 5.91 Å². The molecule has 8 heteroatoms. The first kappa shape index (κ1) is 20.4. The SMILES string of the molecule is Cc1ccc(NC(=O)CSc2[nH+]c3sc(C)cc3c(=O)n2Cc2ccco2)c(C)c1. The molecule has 154 valence electrons. The summed E-state index contributed by atoms with van der Waals surface area (Å²) in [5.74, 6) is 0.732. The first-order chi connectivity index (χ1) is 14.4. The zero-order valence-electron chi connectivity index (χ0n) is 16.9. The summed E-state index contributed by atoms with van der Waals surface area (Å²) in [5, 5.41) is 4.22. The van der Waals surface area contributed by atoms with Crippen LogP contribution < -0.4 is 15.9 Å². The highest BCUT2D eigenvalue weighted by Crippen LogP contribution is 2.22. The largest absolute Gasteiger partial charge is 0.465 e. The Balaban J connectivity index is 1.59. The molecule has 0 spiro atoms. The predicted octanol–water partition coefficient (Wildman–Crippen LogP) is 4.17. The number of amides is 1.